The quantitative estimate of drug-likeness (QED) is 0.0321. The number of hydrogen-bond acceptors (Lipinski definition) is 5. The highest BCUT2D eigenvalue weighted by molar-refractivity contribution is 5.76. The fraction of sp³-hybridized carbons (Fsp3) is 0.934. The Hall–Kier alpha value is -1.40. The Balaban J connectivity index is 3.41. The van der Waals surface area contributed by atoms with Crippen LogP contribution in [0.5, 0.6) is 0 Å². The summed E-state index contributed by atoms with van der Waals surface area (Å²) in [7, 11) is 0. The topological polar surface area (TPSA) is 95.9 Å². The molecule has 0 aliphatic heterocycles. The molecule has 398 valence electrons. The third kappa shape index (κ3) is 53.8. The van der Waals surface area contributed by atoms with E-state index < -0.39 is 12.1 Å². The number of esters is 1. The largest absolute Gasteiger partial charge is 0.466 e. The fourth-order valence-corrected chi connectivity index (χ4v) is 9.64. The molecule has 0 saturated carbocycles. The first-order chi connectivity index (χ1) is 33.0. The molecule has 2 unspecified atom stereocenters. The van der Waals surface area contributed by atoms with E-state index in [0.717, 1.165) is 38.5 Å². The van der Waals surface area contributed by atoms with E-state index >= 15 is 0 Å². The second-order valence-corrected chi connectivity index (χ2v) is 21.0. The summed E-state index contributed by atoms with van der Waals surface area (Å²) < 4.78 is 5.47. The van der Waals surface area contributed by atoms with Crippen LogP contribution in [0.1, 0.15) is 341 Å². The minimum atomic E-state index is -0.844. The average molecular weight is 947 g/mol. The van der Waals surface area contributed by atoms with E-state index in [1.165, 1.54) is 276 Å². The Bertz CT molecular complexity index is 1000. The number of aliphatic hydroxyl groups is 2. The Kier molecular flexibility index (Phi) is 56.0. The number of amides is 1. The van der Waals surface area contributed by atoms with Gasteiger partial charge < -0.3 is 20.3 Å². The van der Waals surface area contributed by atoms with Gasteiger partial charge in [-0.25, -0.2) is 0 Å². The molecule has 0 radical (unpaired) electrons. The zero-order valence-corrected chi connectivity index (χ0v) is 45.4. The van der Waals surface area contributed by atoms with E-state index in [1.807, 2.05) is 6.08 Å². The van der Waals surface area contributed by atoms with E-state index in [4.69, 9.17) is 4.74 Å². The molecule has 0 spiro atoms. The lowest BCUT2D eigenvalue weighted by atomic mass is 10.0. The summed E-state index contributed by atoms with van der Waals surface area (Å²) in [4.78, 5) is 24.5. The van der Waals surface area contributed by atoms with E-state index in [0.29, 0.717) is 19.4 Å². The molecule has 0 heterocycles. The molecular formula is C61H119NO5. The molecular weight excluding hydrogens is 827 g/mol. The molecule has 3 N–H and O–H groups in total. The lowest BCUT2D eigenvalue weighted by Gasteiger charge is -2.20. The van der Waals surface area contributed by atoms with Crippen molar-refractivity contribution < 1.29 is 24.5 Å². The summed E-state index contributed by atoms with van der Waals surface area (Å²) in [6.07, 6.45) is 68.2. The van der Waals surface area contributed by atoms with Gasteiger partial charge in [0.25, 0.3) is 0 Å². The third-order valence-corrected chi connectivity index (χ3v) is 14.3. The van der Waals surface area contributed by atoms with E-state index in [1.54, 1.807) is 6.08 Å². The van der Waals surface area contributed by atoms with Crippen LogP contribution in [-0.2, 0) is 14.3 Å². The number of hydrogen-bond donors (Lipinski definition) is 3. The van der Waals surface area contributed by atoms with Crippen LogP contribution in [0.25, 0.3) is 0 Å². The maximum absolute atomic E-state index is 12.5. The highest BCUT2D eigenvalue weighted by Crippen LogP contribution is 2.18. The second kappa shape index (κ2) is 57.2. The maximum atomic E-state index is 12.5. The highest BCUT2D eigenvalue weighted by Gasteiger charge is 2.18. The van der Waals surface area contributed by atoms with Gasteiger partial charge >= 0.3 is 5.97 Å². The lowest BCUT2D eigenvalue weighted by Crippen LogP contribution is -2.45. The van der Waals surface area contributed by atoms with Gasteiger partial charge in [-0.05, 0) is 32.1 Å². The van der Waals surface area contributed by atoms with Crippen molar-refractivity contribution in [1.29, 1.82) is 0 Å². The zero-order valence-electron chi connectivity index (χ0n) is 45.4. The number of aliphatic hydroxyl groups excluding tert-OH is 2. The van der Waals surface area contributed by atoms with E-state index in [9.17, 15) is 19.8 Å². The van der Waals surface area contributed by atoms with Gasteiger partial charge in [0.1, 0.15) is 0 Å². The van der Waals surface area contributed by atoms with Gasteiger partial charge in [0.15, 0.2) is 0 Å². The van der Waals surface area contributed by atoms with E-state index in [-0.39, 0.29) is 18.5 Å². The summed E-state index contributed by atoms with van der Waals surface area (Å²) in [6, 6.07) is -0.628. The van der Waals surface area contributed by atoms with Crippen molar-refractivity contribution >= 4 is 11.9 Å². The molecule has 6 heteroatoms. The normalized spacial score (nSPS) is 12.6. The van der Waals surface area contributed by atoms with Crippen molar-refractivity contribution in [2.75, 3.05) is 13.2 Å². The van der Waals surface area contributed by atoms with Gasteiger partial charge in [-0.3, -0.25) is 9.59 Å². The minimum Gasteiger partial charge on any atom is -0.466 e. The Labute approximate surface area is 419 Å². The first kappa shape index (κ1) is 65.6. The third-order valence-electron chi connectivity index (χ3n) is 14.3. The number of carbonyl (C=O) groups is 2. The molecule has 0 aromatic heterocycles. The number of allylic oxidation sites excluding steroid dienone is 1. The molecule has 6 nitrogen and oxygen atoms in total. The van der Waals surface area contributed by atoms with Crippen LogP contribution in [0.2, 0.25) is 0 Å². The molecule has 0 bridgehead atoms. The summed E-state index contributed by atoms with van der Waals surface area (Å²) in [5.74, 6) is -0.0542. The zero-order chi connectivity index (χ0) is 48.6. The van der Waals surface area contributed by atoms with Crippen molar-refractivity contribution in [3.8, 4) is 0 Å². The number of carbonyl (C=O) groups excluding carboxylic acids is 2. The summed E-state index contributed by atoms with van der Waals surface area (Å²) in [6.45, 7) is 4.92. The first-order valence-electron chi connectivity index (χ1n) is 30.5. The smallest absolute Gasteiger partial charge is 0.305 e. The molecule has 0 rings (SSSR count). The van der Waals surface area contributed by atoms with Crippen molar-refractivity contribution in [2.24, 2.45) is 0 Å². The summed E-state index contributed by atoms with van der Waals surface area (Å²) in [5, 5.41) is 23.2. The van der Waals surface area contributed by atoms with Crippen LogP contribution in [0, 0.1) is 0 Å². The molecule has 0 aliphatic rings. The summed E-state index contributed by atoms with van der Waals surface area (Å²) in [5.41, 5.74) is 0. The van der Waals surface area contributed by atoms with Crippen LogP contribution < -0.4 is 5.32 Å². The molecule has 0 aromatic rings. The first-order valence-corrected chi connectivity index (χ1v) is 30.5. The second-order valence-electron chi connectivity index (χ2n) is 21.0. The average Bonchev–Trinajstić information content (AvgIpc) is 3.33. The van der Waals surface area contributed by atoms with Gasteiger partial charge in [0.2, 0.25) is 5.91 Å². The van der Waals surface area contributed by atoms with Crippen LogP contribution in [0.4, 0.5) is 0 Å². The molecule has 0 fully saturated rings. The van der Waals surface area contributed by atoms with E-state index in [2.05, 4.69) is 19.2 Å². The highest BCUT2D eigenvalue weighted by atomic mass is 16.5. The van der Waals surface area contributed by atoms with Crippen LogP contribution in [0.15, 0.2) is 12.2 Å². The lowest BCUT2D eigenvalue weighted by molar-refractivity contribution is -0.143. The van der Waals surface area contributed by atoms with Crippen molar-refractivity contribution in [1.82, 2.24) is 5.32 Å². The van der Waals surface area contributed by atoms with Crippen LogP contribution in [-0.4, -0.2) is 47.4 Å². The molecule has 0 aliphatic carbocycles. The van der Waals surface area contributed by atoms with Crippen molar-refractivity contribution in [2.45, 2.75) is 353 Å². The monoisotopic (exact) mass is 946 g/mol. The maximum Gasteiger partial charge on any atom is 0.305 e. The molecule has 67 heavy (non-hydrogen) atoms. The van der Waals surface area contributed by atoms with Crippen LogP contribution in [0.3, 0.4) is 0 Å². The standard InChI is InChI=1S/C61H119NO5/c1-3-5-7-9-11-13-15-16-17-18-24-27-30-34-37-41-45-49-53-59(64)58(57-63)62-60(65)54-50-46-42-38-35-31-28-25-22-20-19-21-23-26-29-32-36-40-44-48-52-56-67-61(66)55-51-47-43-39-33-14-12-10-8-6-4-2/h49,53,58-59,63-64H,3-48,50-52,54-57H2,1-2H3,(H,62,65)/b53-49+. The molecule has 0 aromatic carbocycles. The molecule has 0 saturated heterocycles. The predicted molar refractivity (Wildman–Crippen MR) is 292 cm³/mol. The summed E-state index contributed by atoms with van der Waals surface area (Å²) >= 11 is 0. The van der Waals surface area contributed by atoms with Gasteiger partial charge in [0.05, 0.1) is 25.4 Å². The van der Waals surface area contributed by atoms with Gasteiger partial charge in [-0.15, -0.1) is 0 Å². The molecule has 1 amide bonds. The Morgan fingerprint density at radius 1 is 0.403 bits per heavy atom. The number of unbranched alkanes of at least 4 members (excludes halogenated alkanes) is 46. The van der Waals surface area contributed by atoms with Gasteiger partial charge in [0, 0.05) is 12.8 Å². The predicted octanol–water partition coefficient (Wildman–Crippen LogP) is 18.9. The van der Waals surface area contributed by atoms with Crippen LogP contribution >= 0.6 is 0 Å². The SMILES string of the molecule is CCCCCCCCCCCCCCCCCC/C=C/C(O)C(CO)NC(=O)CCCCCCCCCCCCCCCCCCCCCCCOC(=O)CCCCCCCCCCCCC. The minimum absolute atomic E-state index is 0.0117. The number of rotatable bonds is 57. The van der Waals surface area contributed by atoms with Gasteiger partial charge in [-0.2, -0.15) is 0 Å². The fourth-order valence-electron chi connectivity index (χ4n) is 9.64. The molecule has 2 atom stereocenters. The Morgan fingerprint density at radius 2 is 0.687 bits per heavy atom. The number of nitrogens with one attached hydrogen (secondary N) is 1. The Morgan fingerprint density at radius 3 is 1.01 bits per heavy atom. The van der Waals surface area contributed by atoms with Crippen molar-refractivity contribution in [3.05, 3.63) is 12.2 Å². The van der Waals surface area contributed by atoms with Gasteiger partial charge in [-0.1, -0.05) is 309 Å². The number of ether oxygens (including phenoxy) is 1. The van der Waals surface area contributed by atoms with Crippen molar-refractivity contribution in [3.63, 3.8) is 0 Å².